The molecule has 0 aliphatic heterocycles. The van der Waals surface area contributed by atoms with Crippen LogP contribution in [0.1, 0.15) is 45.4 Å². The molecule has 3 heteroatoms. The van der Waals surface area contributed by atoms with Crippen LogP contribution in [0.2, 0.25) is 0 Å². The molecular formula is C10H15NO2. The van der Waals surface area contributed by atoms with Crippen LogP contribution in [0, 0.1) is 11.3 Å². The highest BCUT2D eigenvalue weighted by atomic mass is 16.6. The van der Waals surface area contributed by atoms with Gasteiger partial charge in [-0.25, -0.2) is 0 Å². The van der Waals surface area contributed by atoms with E-state index in [1.54, 1.807) is 0 Å². The summed E-state index contributed by atoms with van der Waals surface area (Å²) < 4.78 is 5.11. The van der Waals surface area contributed by atoms with Crippen molar-refractivity contribution in [2.24, 2.45) is 0 Å². The van der Waals surface area contributed by atoms with E-state index in [9.17, 15) is 4.79 Å². The van der Waals surface area contributed by atoms with Crippen LogP contribution < -0.4 is 0 Å². The highest BCUT2D eigenvalue weighted by Crippen LogP contribution is 2.29. The Morgan fingerprint density at radius 3 is 2.23 bits per heavy atom. The average molecular weight is 181 g/mol. The lowest BCUT2D eigenvalue weighted by Crippen LogP contribution is -2.32. The number of nitrogens with zero attached hydrogens (tertiary/aromatic N) is 1. The molecule has 1 saturated carbocycles. The second kappa shape index (κ2) is 4.27. The maximum atomic E-state index is 10.8. The SMILES string of the molecule is CC(=O)OC1(C#N)CCCCCC1. The molecule has 0 aromatic heterocycles. The van der Waals surface area contributed by atoms with E-state index in [0.717, 1.165) is 25.7 Å². The van der Waals surface area contributed by atoms with Crippen LogP contribution in [0.3, 0.4) is 0 Å². The maximum absolute atomic E-state index is 10.8. The van der Waals surface area contributed by atoms with Gasteiger partial charge in [0.1, 0.15) is 6.07 Å². The molecule has 0 amide bonds. The van der Waals surface area contributed by atoms with Crippen LogP contribution in [-0.4, -0.2) is 11.6 Å². The fourth-order valence-electron chi connectivity index (χ4n) is 1.81. The first-order valence-corrected chi connectivity index (χ1v) is 4.79. The molecule has 1 rings (SSSR count). The summed E-state index contributed by atoms with van der Waals surface area (Å²) in [5.41, 5.74) is -0.817. The van der Waals surface area contributed by atoms with Gasteiger partial charge in [0, 0.05) is 19.8 Å². The van der Waals surface area contributed by atoms with Crippen LogP contribution >= 0.6 is 0 Å². The van der Waals surface area contributed by atoms with E-state index in [-0.39, 0.29) is 5.97 Å². The molecule has 3 nitrogen and oxygen atoms in total. The monoisotopic (exact) mass is 181 g/mol. The van der Waals surface area contributed by atoms with E-state index in [2.05, 4.69) is 6.07 Å². The predicted molar refractivity (Wildman–Crippen MR) is 47.8 cm³/mol. The van der Waals surface area contributed by atoms with Crippen molar-refractivity contribution in [3.63, 3.8) is 0 Å². The van der Waals surface area contributed by atoms with Crippen LogP contribution in [0.5, 0.6) is 0 Å². The van der Waals surface area contributed by atoms with Crippen molar-refractivity contribution in [1.82, 2.24) is 0 Å². The molecule has 0 aromatic rings. The largest absolute Gasteiger partial charge is 0.444 e. The first-order chi connectivity index (χ1) is 6.18. The normalized spacial score (nSPS) is 21.2. The highest BCUT2D eigenvalue weighted by molar-refractivity contribution is 5.67. The van der Waals surface area contributed by atoms with Crippen molar-refractivity contribution in [3.8, 4) is 6.07 Å². The number of hydrogen-bond acceptors (Lipinski definition) is 3. The molecule has 0 bridgehead atoms. The second-order valence-electron chi connectivity index (χ2n) is 3.61. The molecule has 1 aliphatic carbocycles. The Kier molecular flexibility index (Phi) is 3.30. The first kappa shape index (κ1) is 10.0. The van der Waals surface area contributed by atoms with E-state index in [4.69, 9.17) is 10.00 Å². The molecule has 0 N–H and O–H groups in total. The Balaban J connectivity index is 2.66. The van der Waals surface area contributed by atoms with Gasteiger partial charge in [0.25, 0.3) is 0 Å². The molecule has 0 saturated heterocycles. The molecule has 1 fully saturated rings. The molecule has 1 aliphatic rings. The molecule has 72 valence electrons. The van der Waals surface area contributed by atoms with E-state index >= 15 is 0 Å². The number of ether oxygens (including phenoxy) is 1. The van der Waals surface area contributed by atoms with Gasteiger partial charge in [0.05, 0.1) is 0 Å². The fraction of sp³-hybridized carbons (Fsp3) is 0.800. The van der Waals surface area contributed by atoms with Gasteiger partial charge in [-0.1, -0.05) is 12.8 Å². The highest BCUT2D eigenvalue weighted by Gasteiger charge is 2.33. The summed E-state index contributed by atoms with van der Waals surface area (Å²) in [6, 6.07) is 2.15. The molecule has 0 unspecified atom stereocenters. The quantitative estimate of drug-likeness (QED) is 0.460. The van der Waals surface area contributed by atoms with Crippen molar-refractivity contribution >= 4 is 5.97 Å². The molecule has 0 radical (unpaired) electrons. The third-order valence-electron chi connectivity index (χ3n) is 2.45. The number of nitriles is 1. The lowest BCUT2D eigenvalue weighted by molar-refractivity contribution is -0.152. The number of hydrogen-bond donors (Lipinski definition) is 0. The van der Waals surface area contributed by atoms with Gasteiger partial charge in [0.2, 0.25) is 0 Å². The third-order valence-corrected chi connectivity index (χ3v) is 2.45. The van der Waals surface area contributed by atoms with Gasteiger partial charge in [0.15, 0.2) is 5.60 Å². The van der Waals surface area contributed by atoms with E-state index in [1.165, 1.54) is 6.92 Å². The summed E-state index contributed by atoms with van der Waals surface area (Å²) in [6.07, 6.45) is 5.66. The maximum Gasteiger partial charge on any atom is 0.304 e. The molecule has 0 heterocycles. The van der Waals surface area contributed by atoms with E-state index < -0.39 is 5.60 Å². The molecule has 13 heavy (non-hydrogen) atoms. The van der Waals surface area contributed by atoms with Crippen molar-refractivity contribution < 1.29 is 9.53 Å². The third kappa shape index (κ3) is 2.73. The van der Waals surface area contributed by atoms with Crippen molar-refractivity contribution in [1.29, 1.82) is 5.26 Å². The summed E-state index contributed by atoms with van der Waals surface area (Å²) in [4.78, 5) is 10.8. The van der Waals surface area contributed by atoms with Gasteiger partial charge in [-0.05, 0) is 12.8 Å². The minimum Gasteiger partial charge on any atom is -0.444 e. The van der Waals surface area contributed by atoms with Crippen molar-refractivity contribution in [2.75, 3.05) is 0 Å². The Morgan fingerprint density at radius 1 is 1.31 bits per heavy atom. The number of esters is 1. The first-order valence-electron chi connectivity index (χ1n) is 4.79. The Hall–Kier alpha value is -1.04. The standard InChI is InChI=1S/C10H15NO2/c1-9(12)13-10(8-11)6-4-2-3-5-7-10/h2-7H2,1H3. The van der Waals surface area contributed by atoms with Crippen molar-refractivity contribution in [2.45, 2.75) is 51.0 Å². The Morgan fingerprint density at radius 2 is 1.85 bits per heavy atom. The zero-order valence-electron chi connectivity index (χ0n) is 8.01. The number of rotatable bonds is 1. The molecule has 0 atom stereocenters. The predicted octanol–water partition coefficient (Wildman–Crippen LogP) is 2.17. The number of carbonyl (C=O) groups is 1. The second-order valence-corrected chi connectivity index (χ2v) is 3.61. The van der Waals surface area contributed by atoms with Crippen LogP contribution in [0.4, 0.5) is 0 Å². The summed E-state index contributed by atoms with van der Waals surface area (Å²) >= 11 is 0. The van der Waals surface area contributed by atoms with Gasteiger partial charge < -0.3 is 4.74 Å². The minimum absolute atomic E-state index is 0.344. The summed E-state index contributed by atoms with van der Waals surface area (Å²) in [7, 11) is 0. The average Bonchev–Trinajstić information content (AvgIpc) is 2.30. The number of carbonyl (C=O) groups excluding carboxylic acids is 1. The van der Waals surface area contributed by atoms with Gasteiger partial charge in [-0.2, -0.15) is 5.26 Å². The van der Waals surface area contributed by atoms with E-state index in [0.29, 0.717) is 12.8 Å². The van der Waals surface area contributed by atoms with Gasteiger partial charge >= 0.3 is 5.97 Å². The smallest absolute Gasteiger partial charge is 0.304 e. The van der Waals surface area contributed by atoms with Crippen LogP contribution in [-0.2, 0) is 9.53 Å². The Bertz CT molecular complexity index is 222. The minimum atomic E-state index is -0.817. The topological polar surface area (TPSA) is 50.1 Å². The lowest BCUT2D eigenvalue weighted by atomic mass is 9.96. The lowest BCUT2D eigenvalue weighted by Gasteiger charge is -2.23. The summed E-state index contributed by atoms with van der Waals surface area (Å²) in [5.74, 6) is -0.344. The van der Waals surface area contributed by atoms with Gasteiger partial charge in [-0.15, -0.1) is 0 Å². The zero-order valence-corrected chi connectivity index (χ0v) is 8.01. The molecule has 0 aromatic carbocycles. The Labute approximate surface area is 78.7 Å². The van der Waals surface area contributed by atoms with E-state index in [1.807, 2.05) is 0 Å². The van der Waals surface area contributed by atoms with Gasteiger partial charge in [-0.3, -0.25) is 4.79 Å². The van der Waals surface area contributed by atoms with Crippen molar-refractivity contribution in [3.05, 3.63) is 0 Å². The molecular weight excluding hydrogens is 166 g/mol. The van der Waals surface area contributed by atoms with Crippen LogP contribution in [0.15, 0.2) is 0 Å². The van der Waals surface area contributed by atoms with Crippen LogP contribution in [0.25, 0.3) is 0 Å². The fourth-order valence-corrected chi connectivity index (χ4v) is 1.81. The summed E-state index contributed by atoms with van der Waals surface area (Å²) in [5, 5.41) is 8.99. The molecule has 0 spiro atoms. The zero-order chi connectivity index (χ0) is 9.73. The summed E-state index contributed by atoms with van der Waals surface area (Å²) in [6.45, 7) is 1.37.